The summed E-state index contributed by atoms with van der Waals surface area (Å²) in [5, 5.41) is 9.20. The van der Waals surface area contributed by atoms with E-state index in [1.54, 1.807) is 12.3 Å². The van der Waals surface area contributed by atoms with Crippen LogP contribution < -0.4 is 5.56 Å². The number of nitrogens with zero attached hydrogens (tertiary/aromatic N) is 2. The molecule has 0 aliphatic rings. The number of halogens is 1. The maximum atomic E-state index is 12.8. The van der Waals surface area contributed by atoms with Gasteiger partial charge in [0.2, 0.25) is 5.82 Å². The highest BCUT2D eigenvalue weighted by atomic mass is 32.2. The van der Waals surface area contributed by atoms with Crippen molar-refractivity contribution >= 4 is 11.8 Å². The molecular formula is C10H8FN3O2S. The zero-order valence-electron chi connectivity index (χ0n) is 8.55. The lowest BCUT2D eigenvalue weighted by Crippen LogP contribution is -2.12. The van der Waals surface area contributed by atoms with Crippen molar-refractivity contribution in [1.29, 1.82) is 0 Å². The highest BCUT2D eigenvalue weighted by Gasteiger charge is 2.09. The molecule has 0 bridgehead atoms. The van der Waals surface area contributed by atoms with Crippen molar-refractivity contribution in [3.63, 3.8) is 0 Å². The van der Waals surface area contributed by atoms with Gasteiger partial charge in [-0.25, -0.2) is 0 Å². The van der Waals surface area contributed by atoms with Gasteiger partial charge >= 0.3 is 0 Å². The number of thioether (sulfide) groups is 1. The van der Waals surface area contributed by atoms with Crippen LogP contribution in [0.5, 0.6) is 5.88 Å². The predicted molar refractivity (Wildman–Crippen MR) is 60.3 cm³/mol. The summed E-state index contributed by atoms with van der Waals surface area (Å²) < 4.78 is 12.8. The third kappa shape index (κ3) is 2.82. The lowest BCUT2D eigenvalue weighted by molar-refractivity contribution is 0.397. The van der Waals surface area contributed by atoms with Crippen molar-refractivity contribution in [1.82, 2.24) is 15.0 Å². The molecule has 2 rings (SSSR count). The minimum atomic E-state index is -1.27. The smallest absolute Gasteiger partial charge is 0.291 e. The number of aromatic amines is 1. The Morgan fingerprint density at radius 1 is 1.47 bits per heavy atom. The molecule has 7 heteroatoms. The zero-order valence-corrected chi connectivity index (χ0v) is 9.37. The SMILES string of the molecule is O=c1[nH]c(SCc2ccccn2)nc(O)c1F. The van der Waals surface area contributed by atoms with E-state index in [0.29, 0.717) is 5.75 Å². The minimum absolute atomic E-state index is 0.152. The van der Waals surface area contributed by atoms with Crippen molar-refractivity contribution < 1.29 is 9.50 Å². The van der Waals surface area contributed by atoms with Crippen LogP contribution in [0.2, 0.25) is 0 Å². The molecule has 2 aromatic rings. The van der Waals surface area contributed by atoms with E-state index in [-0.39, 0.29) is 5.16 Å². The molecule has 17 heavy (non-hydrogen) atoms. The van der Waals surface area contributed by atoms with Crippen LogP contribution in [0.4, 0.5) is 4.39 Å². The van der Waals surface area contributed by atoms with E-state index in [9.17, 15) is 9.18 Å². The molecule has 5 nitrogen and oxygen atoms in total. The van der Waals surface area contributed by atoms with Gasteiger partial charge in [-0.3, -0.25) is 14.8 Å². The predicted octanol–water partition coefficient (Wildman–Crippen LogP) is 1.30. The topological polar surface area (TPSA) is 78.9 Å². The van der Waals surface area contributed by atoms with Crippen LogP contribution in [-0.4, -0.2) is 20.1 Å². The van der Waals surface area contributed by atoms with Gasteiger partial charge < -0.3 is 5.11 Å². The van der Waals surface area contributed by atoms with E-state index < -0.39 is 17.3 Å². The van der Waals surface area contributed by atoms with E-state index in [4.69, 9.17) is 5.11 Å². The molecule has 0 saturated heterocycles. The highest BCUT2D eigenvalue weighted by Crippen LogP contribution is 2.19. The molecule has 88 valence electrons. The Balaban J connectivity index is 2.13. The molecule has 2 N–H and O–H groups in total. The molecule has 0 aliphatic carbocycles. The van der Waals surface area contributed by atoms with Crippen LogP contribution in [0.3, 0.4) is 0 Å². The van der Waals surface area contributed by atoms with Gasteiger partial charge in [0, 0.05) is 11.9 Å². The summed E-state index contributed by atoms with van der Waals surface area (Å²) in [7, 11) is 0. The fourth-order valence-corrected chi connectivity index (χ4v) is 1.89. The molecule has 2 heterocycles. The molecule has 0 aromatic carbocycles. The van der Waals surface area contributed by atoms with E-state index in [1.807, 2.05) is 12.1 Å². The van der Waals surface area contributed by atoms with Gasteiger partial charge in [0.05, 0.1) is 5.69 Å². The standard InChI is InChI=1S/C10H8FN3O2S/c11-7-8(15)13-10(14-9(7)16)17-5-6-3-1-2-4-12-6/h1-4H,5H2,(H2,13,14,15,16). The third-order valence-electron chi connectivity index (χ3n) is 1.91. The van der Waals surface area contributed by atoms with Crippen molar-refractivity contribution in [3.8, 4) is 5.88 Å². The Morgan fingerprint density at radius 3 is 2.94 bits per heavy atom. The summed E-state index contributed by atoms with van der Waals surface area (Å²) >= 11 is 1.15. The zero-order chi connectivity index (χ0) is 12.3. The fraction of sp³-hybridized carbons (Fsp3) is 0.100. The summed E-state index contributed by atoms with van der Waals surface area (Å²) in [4.78, 5) is 20.8. The molecule has 0 aliphatic heterocycles. The lowest BCUT2D eigenvalue weighted by Gasteiger charge is -2.01. The second kappa shape index (κ2) is 4.96. The Kier molecular flexibility index (Phi) is 3.38. The van der Waals surface area contributed by atoms with Gasteiger partial charge in [-0.05, 0) is 12.1 Å². The molecule has 0 radical (unpaired) electrons. The van der Waals surface area contributed by atoms with Gasteiger partial charge in [0.15, 0.2) is 5.16 Å². The quantitative estimate of drug-likeness (QED) is 0.636. The summed E-state index contributed by atoms with van der Waals surface area (Å²) in [6.07, 6.45) is 1.65. The molecule has 0 unspecified atom stereocenters. The van der Waals surface area contributed by atoms with Gasteiger partial charge in [0.25, 0.3) is 11.4 Å². The number of hydrogen-bond donors (Lipinski definition) is 2. The molecule has 0 amide bonds. The number of rotatable bonds is 3. The average Bonchev–Trinajstić information content (AvgIpc) is 2.34. The second-order valence-corrected chi connectivity index (χ2v) is 4.08. The highest BCUT2D eigenvalue weighted by molar-refractivity contribution is 7.98. The van der Waals surface area contributed by atoms with Crippen LogP contribution in [0.15, 0.2) is 34.3 Å². The Labute approximate surface area is 99.8 Å². The van der Waals surface area contributed by atoms with Crippen LogP contribution >= 0.6 is 11.8 Å². The first-order valence-corrected chi connectivity index (χ1v) is 5.67. The number of H-pyrrole nitrogens is 1. The summed E-state index contributed by atoms with van der Waals surface area (Å²) in [6, 6.07) is 5.44. The van der Waals surface area contributed by atoms with E-state index in [1.165, 1.54) is 0 Å². The normalized spacial score (nSPS) is 10.4. The van der Waals surface area contributed by atoms with Crippen molar-refractivity contribution in [2.75, 3.05) is 0 Å². The van der Waals surface area contributed by atoms with E-state index in [2.05, 4.69) is 15.0 Å². The van der Waals surface area contributed by atoms with E-state index >= 15 is 0 Å². The van der Waals surface area contributed by atoms with Crippen molar-refractivity contribution in [2.24, 2.45) is 0 Å². The first kappa shape index (κ1) is 11.6. The second-order valence-electron chi connectivity index (χ2n) is 3.12. The number of hydrogen-bond acceptors (Lipinski definition) is 5. The maximum Gasteiger partial charge on any atom is 0.291 e. The lowest BCUT2D eigenvalue weighted by atomic mass is 10.4. The molecule has 0 fully saturated rings. The minimum Gasteiger partial charge on any atom is -0.491 e. The Bertz CT molecular complexity index is 574. The van der Waals surface area contributed by atoms with Crippen LogP contribution in [0.25, 0.3) is 0 Å². The number of aromatic hydroxyl groups is 1. The maximum absolute atomic E-state index is 12.8. The molecule has 0 spiro atoms. The number of nitrogens with one attached hydrogen (secondary N) is 1. The first-order chi connectivity index (χ1) is 8.16. The van der Waals surface area contributed by atoms with Gasteiger partial charge in [-0.1, -0.05) is 17.8 Å². The average molecular weight is 253 g/mol. The summed E-state index contributed by atoms with van der Waals surface area (Å²) in [5.74, 6) is -1.70. The monoisotopic (exact) mass is 253 g/mol. The third-order valence-corrected chi connectivity index (χ3v) is 2.81. The van der Waals surface area contributed by atoms with Crippen LogP contribution in [-0.2, 0) is 5.75 Å². The van der Waals surface area contributed by atoms with Crippen molar-refractivity contribution in [3.05, 3.63) is 46.3 Å². The van der Waals surface area contributed by atoms with Crippen LogP contribution in [0, 0.1) is 5.82 Å². The van der Waals surface area contributed by atoms with Gasteiger partial charge in [-0.2, -0.15) is 9.37 Å². The van der Waals surface area contributed by atoms with Gasteiger partial charge in [-0.15, -0.1) is 0 Å². The van der Waals surface area contributed by atoms with Crippen LogP contribution in [0.1, 0.15) is 5.69 Å². The number of aromatic nitrogens is 3. The van der Waals surface area contributed by atoms with E-state index in [0.717, 1.165) is 17.5 Å². The summed E-state index contributed by atoms with van der Waals surface area (Å²) in [6.45, 7) is 0. The molecule has 2 aromatic heterocycles. The largest absolute Gasteiger partial charge is 0.491 e. The molecule has 0 saturated carbocycles. The first-order valence-electron chi connectivity index (χ1n) is 4.68. The fourth-order valence-electron chi connectivity index (χ4n) is 1.12. The van der Waals surface area contributed by atoms with Crippen molar-refractivity contribution in [2.45, 2.75) is 10.9 Å². The Morgan fingerprint density at radius 2 is 2.29 bits per heavy atom. The summed E-state index contributed by atoms with van der Waals surface area (Å²) in [5.41, 5.74) is -0.190. The Hall–Kier alpha value is -1.89. The molecular weight excluding hydrogens is 245 g/mol. The molecule has 0 atom stereocenters. The number of pyridine rings is 1. The van der Waals surface area contributed by atoms with Gasteiger partial charge in [0.1, 0.15) is 0 Å².